The predicted octanol–water partition coefficient (Wildman–Crippen LogP) is 5.37. The monoisotopic (exact) mass is 361 g/mol. The molecule has 0 amide bonds. The standard InChI is InChI=1S/C22H20ClN3/c1-13-8-17(9-14(2)20(13)23)21-22(26-7-3-4-19(26)25-21)15-5-6-16-11-24-12-18(16)10-15/h5-6,8-10,12H,3-4,7,11H2,1-2H3. The van der Waals surface area contributed by atoms with Gasteiger partial charge in [-0.05, 0) is 60.7 Å². The molecule has 5 rings (SSSR count). The molecular formula is C22H20ClN3. The van der Waals surface area contributed by atoms with Gasteiger partial charge in [0.25, 0.3) is 0 Å². The molecule has 130 valence electrons. The van der Waals surface area contributed by atoms with Crippen molar-refractivity contribution in [1.29, 1.82) is 0 Å². The zero-order valence-electron chi connectivity index (χ0n) is 15.0. The Kier molecular flexibility index (Phi) is 3.54. The fraction of sp³-hybridized carbons (Fsp3) is 0.273. The molecule has 0 aliphatic carbocycles. The summed E-state index contributed by atoms with van der Waals surface area (Å²) in [6, 6.07) is 11.0. The third-order valence-electron chi connectivity index (χ3n) is 5.45. The van der Waals surface area contributed by atoms with Crippen molar-refractivity contribution in [3.8, 4) is 22.5 Å². The van der Waals surface area contributed by atoms with Gasteiger partial charge in [0, 0.05) is 35.3 Å². The van der Waals surface area contributed by atoms with Crippen LogP contribution in [0.3, 0.4) is 0 Å². The van der Waals surface area contributed by atoms with Gasteiger partial charge in [-0.2, -0.15) is 0 Å². The van der Waals surface area contributed by atoms with Crippen LogP contribution >= 0.6 is 11.6 Å². The van der Waals surface area contributed by atoms with Gasteiger partial charge in [0.1, 0.15) is 5.82 Å². The number of rotatable bonds is 2. The van der Waals surface area contributed by atoms with Gasteiger partial charge in [-0.1, -0.05) is 23.7 Å². The van der Waals surface area contributed by atoms with E-state index in [9.17, 15) is 0 Å². The maximum atomic E-state index is 6.39. The van der Waals surface area contributed by atoms with Crippen LogP contribution in [-0.4, -0.2) is 15.8 Å². The zero-order valence-corrected chi connectivity index (χ0v) is 15.8. The molecule has 0 unspecified atom stereocenters. The second-order valence-corrected chi connectivity index (χ2v) is 7.67. The molecular weight excluding hydrogens is 342 g/mol. The molecule has 26 heavy (non-hydrogen) atoms. The van der Waals surface area contributed by atoms with Gasteiger partial charge in [0.15, 0.2) is 0 Å². The summed E-state index contributed by atoms with van der Waals surface area (Å²) in [5.74, 6) is 1.19. The van der Waals surface area contributed by atoms with Gasteiger partial charge in [0.05, 0.1) is 17.9 Å². The number of halogens is 1. The molecule has 4 heteroatoms. The molecule has 1 aromatic heterocycles. The van der Waals surface area contributed by atoms with Gasteiger partial charge in [-0.3, -0.25) is 4.99 Å². The van der Waals surface area contributed by atoms with E-state index in [2.05, 4.69) is 53.7 Å². The number of hydrogen-bond acceptors (Lipinski definition) is 2. The van der Waals surface area contributed by atoms with E-state index in [-0.39, 0.29) is 0 Å². The number of aliphatic imine (C=N–C) groups is 1. The largest absolute Gasteiger partial charge is 0.327 e. The normalized spacial score (nSPS) is 14.7. The molecule has 2 aromatic carbocycles. The van der Waals surface area contributed by atoms with E-state index in [1.807, 2.05) is 6.21 Å². The van der Waals surface area contributed by atoms with Gasteiger partial charge in [0.2, 0.25) is 0 Å². The molecule has 0 saturated heterocycles. The average Bonchev–Trinajstić information content (AvgIpc) is 3.33. The summed E-state index contributed by atoms with van der Waals surface area (Å²) in [6.45, 7) is 5.96. The van der Waals surface area contributed by atoms with Gasteiger partial charge in [-0.15, -0.1) is 0 Å². The molecule has 0 spiro atoms. The summed E-state index contributed by atoms with van der Waals surface area (Å²) < 4.78 is 2.39. The number of imidazole rings is 1. The van der Waals surface area contributed by atoms with Crippen molar-refractivity contribution in [2.75, 3.05) is 0 Å². The van der Waals surface area contributed by atoms with Crippen molar-refractivity contribution >= 4 is 17.8 Å². The molecule has 0 bridgehead atoms. The van der Waals surface area contributed by atoms with Crippen molar-refractivity contribution in [2.45, 2.75) is 39.8 Å². The molecule has 3 aromatic rings. The Morgan fingerprint density at radius 3 is 2.65 bits per heavy atom. The Labute approximate surface area is 158 Å². The van der Waals surface area contributed by atoms with Crippen LogP contribution in [0, 0.1) is 13.8 Å². The van der Waals surface area contributed by atoms with Gasteiger partial charge >= 0.3 is 0 Å². The van der Waals surface area contributed by atoms with Crippen molar-refractivity contribution in [1.82, 2.24) is 9.55 Å². The van der Waals surface area contributed by atoms with Gasteiger partial charge < -0.3 is 4.57 Å². The van der Waals surface area contributed by atoms with E-state index in [4.69, 9.17) is 16.6 Å². The smallest absolute Gasteiger partial charge is 0.109 e. The van der Waals surface area contributed by atoms with Crippen LogP contribution < -0.4 is 0 Å². The van der Waals surface area contributed by atoms with E-state index in [0.29, 0.717) is 0 Å². The summed E-state index contributed by atoms with van der Waals surface area (Å²) in [4.78, 5) is 9.43. The molecule has 3 nitrogen and oxygen atoms in total. The first-order valence-corrected chi connectivity index (χ1v) is 9.49. The minimum atomic E-state index is 0.794. The fourth-order valence-corrected chi connectivity index (χ4v) is 4.26. The minimum Gasteiger partial charge on any atom is -0.327 e. The zero-order chi connectivity index (χ0) is 17.8. The molecule has 0 fully saturated rings. The van der Waals surface area contributed by atoms with Crippen LogP contribution in [0.15, 0.2) is 35.3 Å². The second kappa shape index (κ2) is 5.82. The molecule has 2 aliphatic rings. The lowest BCUT2D eigenvalue weighted by atomic mass is 9.98. The molecule has 0 atom stereocenters. The molecule has 2 aliphatic heterocycles. The van der Waals surface area contributed by atoms with E-state index in [1.54, 1.807) is 0 Å². The van der Waals surface area contributed by atoms with E-state index in [0.717, 1.165) is 46.9 Å². The molecule has 3 heterocycles. The maximum absolute atomic E-state index is 6.39. The Balaban J connectivity index is 1.74. The summed E-state index contributed by atoms with van der Waals surface area (Å²) in [7, 11) is 0. The highest BCUT2D eigenvalue weighted by Gasteiger charge is 2.24. The van der Waals surface area contributed by atoms with Crippen LogP contribution in [0.4, 0.5) is 0 Å². The SMILES string of the molecule is Cc1cc(-c2nc3n(c2-c2ccc4c(c2)C=NC4)CCC3)cc(C)c1Cl. The number of fused-ring (bicyclic) bond motifs is 2. The number of nitrogens with zero attached hydrogens (tertiary/aromatic N) is 3. The predicted molar refractivity (Wildman–Crippen MR) is 107 cm³/mol. The first-order chi connectivity index (χ1) is 12.6. The molecule has 0 N–H and O–H groups in total. The summed E-state index contributed by atoms with van der Waals surface area (Å²) >= 11 is 6.39. The maximum Gasteiger partial charge on any atom is 0.109 e. The highest BCUT2D eigenvalue weighted by Crippen LogP contribution is 2.38. The highest BCUT2D eigenvalue weighted by molar-refractivity contribution is 6.32. The lowest BCUT2D eigenvalue weighted by Gasteiger charge is -2.12. The van der Waals surface area contributed by atoms with Crippen molar-refractivity contribution < 1.29 is 0 Å². The van der Waals surface area contributed by atoms with Crippen molar-refractivity contribution in [2.24, 2.45) is 4.99 Å². The third kappa shape index (κ3) is 2.34. The average molecular weight is 362 g/mol. The number of benzene rings is 2. The molecule has 0 radical (unpaired) electrons. The fourth-order valence-electron chi connectivity index (χ4n) is 4.15. The summed E-state index contributed by atoms with van der Waals surface area (Å²) in [5, 5.41) is 0.843. The number of aromatic nitrogens is 2. The van der Waals surface area contributed by atoms with Gasteiger partial charge in [-0.25, -0.2) is 4.98 Å². The van der Waals surface area contributed by atoms with Crippen molar-refractivity contribution in [3.05, 3.63) is 63.4 Å². The van der Waals surface area contributed by atoms with E-state index < -0.39 is 0 Å². The van der Waals surface area contributed by atoms with Crippen LogP contribution in [0.25, 0.3) is 22.5 Å². The first-order valence-electron chi connectivity index (χ1n) is 9.11. The quantitative estimate of drug-likeness (QED) is 0.603. The van der Waals surface area contributed by atoms with E-state index >= 15 is 0 Å². The Morgan fingerprint density at radius 2 is 1.85 bits per heavy atom. The number of aryl methyl sites for hydroxylation is 3. The van der Waals surface area contributed by atoms with Crippen LogP contribution in [0.1, 0.15) is 34.5 Å². The number of hydrogen-bond donors (Lipinski definition) is 0. The third-order valence-corrected chi connectivity index (χ3v) is 6.05. The van der Waals surface area contributed by atoms with Crippen LogP contribution in [-0.2, 0) is 19.5 Å². The Bertz CT molecular complexity index is 1050. The highest BCUT2D eigenvalue weighted by atomic mass is 35.5. The summed E-state index contributed by atoms with van der Waals surface area (Å²) in [6.07, 6.45) is 4.20. The topological polar surface area (TPSA) is 30.2 Å². The lowest BCUT2D eigenvalue weighted by Crippen LogP contribution is -1.98. The minimum absolute atomic E-state index is 0.794. The first kappa shape index (κ1) is 15.8. The Hall–Kier alpha value is -2.39. The molecule has 0 saturated carbocycles. The van der Waals surface area contributed by atoms with Crippen LogP contribution in [0.2, 0.25) is 5.02 Å². The summed E-state index contributed by atoms with van der Waals surface area (Å²) in [5.41, 5.74) is 9.39. The van der Waals surface area contributed by atoms with Crippen LogP contribution in [0.5, 0.6) is 0 Å². The van der Waals surface area contributed by atoms with E-state index in [1.165, 1.54) is 34.6 Å². The lowest BCUT2D eigenvalue weighted by molar-refractivity contribution is 0.756. The second-order valence-electron chi connectivity index (χ2n) is 7.29. The Morgan fingerprint density at radius 1 is 1.04 bits per heavy atom. The van der Waals surface area contributed by atoms with Crippen molar-refractivity contribution in [3.63, 3.8) is 0 Å².